The number of amides is 1. The Labute approximate surface area is 97.2 Å². The predicted octanol–water partition coefficient (Wildman–Crippen LogP) is 0.436. The van der Waals surface area contributed by atoms with Crippen molar-refractivity contribution in [2.45, 2.75) is 6.54 Å². The number of anilines is 1. The Balaban J connectivity index is 2.04. The van der Waals surface area contributed by atoms with Gasteiger partial charge in [-0.3, -0.25) is 4.79 Å². The van der Waals surface area contributed by atoms with Gasteiger partial charge in [0.25, 0.3) is 5.91 Å². The van der Waals surface area contributed by atoms with Gasteiger partial charge >= 0.3 is 0 Å². The number of aromatic nitrogens is 3. The molecule has 0 aliphatic carbocycles. The third-order valence-electron chi connectivity index (χ3n) is 2.10. The second-order valence-electron chi connectivity index (χ2n) is 3.18. The first-order chi connectivity index (χ1) is 8.31. The van der Waals surface area contributed by atoms with Crippen LogP contribution >= 0.6 is 0 Å². The monoisotopic (exact) mass is 233 g/mol. The fourth-order valence-electron chi connectivity index (χ4n) is 1.31. The van der Waals surface area contributed by atoms with Crippen LogP contribution in [0.25, 0.3) is 0 Å². The minimum atomic E-state index is -0.243. The van der Waals surface area contributed by atoms with E-state index < -0.39 is 0 Å². The van der Waals surface area contributed by atoms with Crippen molar-refractivity contribution in [3.05, 3.63) is 36.1 Å². The summed E-state index contributed by atoms with van der Waals surface area (Å²) in [6, 6.07) is 3.38. The molecule has 0 aromatic carbocycles. The van der Waals surface area contributed by atoms with E-state index in [1.807, 2.05) is 0 Å². The van der Waals surface area contributed by atoms with Gasteiger partial charge in [0.1, 0.15) is 5.82 Å². The zero-order valence-corrected chi connectivity index (χ0v) is 9.17. The summed E-state index contributed by atoms with van der Waals surface area (Å²) in [4.78, 5) is 19.7. The number of carbonyl (C=O) groups is 1. The molecule has 88 valence electrons. The van der Waals surface area contributed by atoms with Crippen LogP contribution in [0, 0.1) is 0 Å². The Morgan fingerprint density at radius 1 is 1.47 bits per heavy atom. The lowest BCUT2D eigenvalue weighted by Crippen LogP contribution is -2.24. The first kappa shape index (κ1) is 11.1. The number of nitrogens with zero attached hydrogens (tertiary/aromatic N) is 3. The molecule has 7 nitrogen and oxygen atoms in total. The Morgan fingerprint density at radius 2 is 2.35 bits per heavy atom. The van der Waals surface area contributed by atoms with Gasteiger partial charge in [0, 0.05) is 13.2 Å². The summed E-state index contributed by atoms with van der Waals surface area (Å²) in [6.45, 7) is 0.216. The van der Waals surface area contributed by atoms with Gasteiger partial charge in [-0.25, -0.2) is 4.98 Å². The molecule has 0 aliphatic heterocycles. The van der Waals surface area contributed by atoms with Gasteiger partial charge in [-0.05, 0) is 12.1 Å². The molecule has 17 heavy (non-hydrogen) atoms. The highest BCUT2D eigenvalue weighted by molar-refractivity contribution is 5.98. The van der Waals surface area contributed by atoms with E-state index in [9.17, 15) is 4.79 Å². The van der Waals surface area contributed by atoms with Crippen LogP contribution < -0.4 is 10.6 Å². The summed E-state index contributed by atoms with van der Waals surface area (Å²) in [5, 5.41) is 9.11. The molecule has 2 rings (SSSR count). The standard InChI is InChI=1S/C10H11N5O2/c1-11-9-7(3-2-4-12-9)10(16)13-5-8-14-6-17-15-8/h2-4,6H,5H2,1H3,(H,11,12)(H,13,16). The summed E-state index contributed by atoms with van der Waals surface area (Å²) in [5.74, 6) is 0.707. The van der Waals surface area contributed by atoms with Crippen LogP contribution in [0.3, 0.4) is 0 Å². The molecule has 0 atom stereocenters. The van der Waals surface area contributed by atoms with Crippen molar-refractivity contribution in [2.24, 2.45) is 0 Å². The third kappa shape index (κ3) is 2.57. The molecule has 0 aliphatic rings. The van der Waals surface area contributed by atoms with Gasteiger partial charge in [0.15, 0.2) is 5.82 Å². The molecule has 0 radical (unpaired) electrons. The van der Waals surface area contributed by atoms with E-state index in [0.717, 1.165) is 0 Å². The van der Waals surface area contributed by atoms with Crippen molar-refractivity contribution in [3.63, 3.8) is 0 Å². The van der Waals surface area contributed by atoms with Gasteiger partial charge < -0.3 is 15.2 Å². The molecule has 7 heteroatoms. The molecule has 0 saturated carbocycles. The summed E-state index contributed by atoms with van der Waals surface area (Å²) in [6.07, 6.45) is 2.83. The SMILES string of the molecule is CNc1ncccc1C(=O)NCc1ncon1. The van der Waals surface area contributed by atoms with Crippen LogP contribution in [0.15, 0.2) is 29.2 Å². The minimum absolute atomic E-state index is 0.216. The zero-order chi connectivity index (χ0) is 12.1. The first-order valence-corrected chi connectivity index (χ1v) is 4.97. The van der Waals surface area contributed by atoms with Crippen molar-refractivity contribution >= 4 is 11.7 Å². The first-order valence-electron chi connectivity index (χ1n) is 4.97. The third-order valence-corrected chi connectivity index (χ3v) is 2.10. The van der Waals surface area contributed by atoms with E-state index in [1.165, 1.54) is 6.39 Å². The quantitative estimate of drug-likeness (QED) is 0.795. The van der Waals surface area contributed by atoms with Gasteiger partial charge in [-0.2, -0.15) is 4.98 Å². The molecular weight excluding hydrogens is 222 g/mol. The normalized spacial score (nSPS) is 9.94. The molecule has 2 heterocycles. The minimum Gasteiger partial charge on any atom is -0.372 e. The Hall–Kier alpha value is -2.44. The molecule has 0 unspecified atom stereocenters. The van der Waals surface area contributed by atoms with Gasteiger partial charge in [0.2, 0.25) is 6.39 Å². The van der Waals surface area contributed by atoms with Crippen molar-refractivity contribution in [1.82, 2.24) is 20.4 Å². The Morgan fingerprint density at radius 3 is 3.06 bits per heavy atom. The topological polar surface area (TPSA) is 92.9 Å². The predicted molar refractivity (Wildman–Crippen MR) is 59.3 cm³/mol. The summed E-state index contributed by atoms with van der Waals surface area (Å²) in [5.41, 5.74) is 0.471. The van der Waals surface area contributed by atoms with Crippen LogP contribution in [-0.4, -0.2) is 28.1 Å². The van der Waals surface area contributed by atoms with E-state index >= 15 is 0 Å². The van der Waals surface area contributed by atoms with Gasteiger partial charge in [-0.15, -0.1) is 0 Å². The van der Waals surface area contributed by atoms with Crippen LogP contribution in [0.1, 0.15) is 16.2 Å². The summed E-state index contributed by atoms with van der Waals surface area (Å²) < 4.78 is 4.56. The van der Waals surface area contributed by atoms with E-state index in [2.05, 4.69) is 30.3 Å². The van der Waals surface area contributed by atoms with Crippen molar-refractivity contribution in [1.29, 1.82) is 0 Å². The maximum Gasteiger partial charge on any atom is 0.255 e. The van der Waals surface area contributed by atoms with Crippen LogP contribution in [0.2, 0.25) is 0 Å². The number of rotatable bonds is 4. The lowest BCUT2D eigenvalue weighted by molar-refractivity contribution is 0.0950. The zero-order valence-electron chi connectivity index (χ0n) is 9.17. The molecule has 0 bridgehead atoms. The molecule has 0 spiro atoms. The summed E-state index contributed by atoms with van der Waals surface area (Å²) in [7, 11) is 1.71. The van der Waals surface area contributed by atoms with E-state index in [-0.39, 0.29) is 12.5 Å². The van der Waals surface area contributed by atoms with Crippen LogP contribution in [0.5, 0.6) is 0 Å². The number of carbonyl (C=O) groups excluding carboxylic acids is 1. The van der Waals surface area contributed by atoms with Crippen molar-refractivity contribution in [3.8, 4) is 0 Å². The van der Waals surface area contributed by atoms with E-state index in [4.69, 9.17) is 0 Å². The highest BCUT2D eigenvalue weighted by atomic mass is 16.5. The second-order valence-corrected chi connectivity index (χ2v) is 3.18. The fourth-order valence-corrected chi connectivity index (χ4v) is 1.31. The number of pyridine rings is 1. The maximum absolute atomic E-state index is 11.8. The van der Waals surface area contributed by atoms with Crippen molar-refractivity contribution < 1.29 is 9.32 Å². The number of hydrogen-bond donors (Lipinski definition) is 2. The Bertz CT molecular complexity index is 497. The maximum atomic E-state index is 11.8. The lowest BCUT2D eigenvalue weighted by Gasteiger charge is -2.06. The molecule has 1 amide bonds. The van der Waals surface area contributed by atoms with E-state index in [1.54, 1.807) is 25.4 Å². The van der Waals surface area contributed by atoms with Gasteiger partial charge in [0.05, 0.1) is 12.1 Å². The van der Waals surface area contributed by atoms with Crippen LogP contribution in [0.4, 0.5) is 5.82 Å². The number of nitrogens with one attached hydrogen (secondary N) is 2. The second kappa shape index (κ2) is 5.06. The number of hydrogen-bond acceptors (Lipinski definition) is 6. The average Bonchev–Trinajstić information content (AvgIpc) is 2.89. The smallest absolute Gasteiger partial charge is 0.255 e. The van der Waals surface area contributed by atoms with Crippen LogP contribution in [-0.2, 0) is 6.54 Å². The highest BCUT2D eigenvalue weighted by Crippen LogP contribution is 2.09. The lowest BCUT2D eigenvalue weighted by atomic mass is 10.2. The largest absolute Gasteiger partial charge is 0.372 e. The summed E-state index contributed by atoms with van der Waals surface area (Å²) >= 11 is 0. The average molecular weight is 233 g/mol. The molecule has 0 fully saturated rings. The molecule has 2 aromatic heterocycles. The van der Waals surface area contributed by atoms with Crippen molar-refractivity contribution in [2.75, 3.05) is 12.4 Å². The highest BCUT2D eigenvalue weighted by Gasteiger charge is 2.11. The molecular formula is C10H11N5O2. The molecule has 2 aromatic rings. The Kier molecular flexibility index (Phi) is 3.29. The molecule has 0 saturated heterocycles. The van der Waals surface area contributed by atoms with E-state index in [0.29, 0.717) is 17.2 Å². The van der Waals surface area contributed by atoms with Gasteiger partial charge in [-0.1, -0.05) is 5.16 Å². The molecule has 2 N–H and O–H groups in total. The fraction of sp³-hybridized carbons (Fsp3) is 0.200.